The Hall–Kier alpha value is -6.65. The Labute approximate surface area is 400 Å². The predicted molar refractivity (Wildman–Crippen MR) is 289 cm³/mol. The Morgan fingerprint density at radius 1 is 0.328 bits per heavy atom. The molecular formula is C63H64BN3. The molecule has 3 heterocycles. The lowest BCUT2D eigenvalue weighted by Crippen LogP contribution is -2.61. The fraction of sp³-hybridized carbons (Fsp3) is 0.254. The van der Waals surface area contributed by atoms with Gasteiger partial charge >= 0.3 is 0 Å². The number of hydrogen-bond acceptors (Lipinski definition) is 3. The van der Waals surface area contributed by atoms with Crippen molar-refractivity contribution in [2.75, 3.05) is 9.80 Å². The maximum absolute atomic E-state index is 5.56. The lowest BCUT2D eigenvalue weighted by atomic mass is 9.33. The van der Waals surface area contributed by atoms with E-state index >= 15 is 0 Å². The number of anilines is 6. The van der Waals surface area contributed by atoms with Crippen LogP contribution >= 0.6 is 0 Å². The molecule has 1 aromatic heterocycles. The van der Waals surface area contributed by atoms with Gasteiger partial charge in [-0.05, 0) is 132 Å². The second kappa shape index (κ2) is 16.0. The molecule has 0 unspecified atom stereocenters. The maximum Gasteiger partial charge on any atom is 0.252 e. The van der Waals surface area contributed by atoms with Crippen LogP contribution in [-0.2, 0) is 21.7 Å². The monoisotopic (exact) mass is 874 g/mol. The van der Waals surface area contributed by atoms with Crippen molar-refractivity contribution < 1.29 is 0 Å². The van der Waals surface area contributed by atoms with Gasteiger partial charge in [-0.1, -0.05) is 192 Å². The van der Waals surface area contributed by atoms with E-state index in [-0.39, 0.29) is 28.4 Å². The van der Waals surface area contributed by atoms with Crippen LogP contribution in [0.25, 0.3) is 33.6 Å². The van der Waals surface area contributed by atoms with Crippen LogP contribution < -0.4 is 26.2 Å². The van der Waals surface area contributed by atoms with Crippen LogP contribution in [0.15, 0.2) is 170 Å². The maximum atomic E-state index is 5.56. The second-order valence-electron chi connectivity index (χ2n) is 23.0. The molecule has 2 aliphatic rings. The molecule has 0 amide bonds. The number of hydrogen-bond donors (Lipinski definition) is 0. The number of rotatable bonds is 5. The zero-order valence-electron chi connectivity index (χ0n) is 41.6. The van der Waals surface area contributed by atoms with Crippen LogP contribution in [0.2, 0.25) is 0 Å². The average Bonchev–Trinajstić information content (AvgIpc) is 3.30. The average molecular weight is 874 g/mol. The third kappa shape index (κ3) is 8.09. The van der Waals surface area contributed by atoms with E-state index in [0.29, 0.717) is 0 Å². The summed E-state index contributed by atoms with van der Waals surface area (Å²) in [6.07, 6.45) is 0. The largest absolute Gasteiger partial charge is 0.311 e. The summed E-state index contributed by atoms with van der Waals surface area (Å²) in [4.78, 5) is 10.7. The van der Waals surface area contributed by atoms with Crippen molar-refractivity contribution >= 4 is 57.2 Å². The van der Waals surface area contributed by atoms with Gasteiger partial charge in [-0.2, -0.15) is 0 Å². The van der Waals surface area contributed by atoms with Gasteiger partial charge in [-0.3, -0.25) is 0 Å². The van der Waals surface area contributed by atoms with Crippen molar-refractivity contribution in [3.8, 4) is 33.6 Å². The van der Waals surface area contributed by atoms with E-state index in [0.717, 1.165) is 45.0 Å². The zero-order valence-corrected chi connectivity index (χ0v) is 41.6. The molecular weight excluding hydrogens is 810 g/mol. The molecule has 0 aliphatic carbocycles. The fourth-order valence-corrected chi connectivity index (χ4v) is 10.1. The third-order valence-electron chi connectivity index (χ3n) is 14.1. The van der Waals surface area contributed by atoms with Crippen LogP contribution in [-0.4, -0.2) is 11.7 Å². The van der Waals surface area contributed by atoms with Gasteiger partial charge in [0.05, 0.1) is 11.4 Å². The van der Waals surface area contributed by atoms with Crippen LogP contribution in [0.3, 0.4) is 0 Å². The zero-order chi connectivity index (χ0) is 47.2. The number of aromatic nitrogens is 1. The predicted octanol–water partition coefficient (Wildman–Crippen LogP) is 15.4. The SMILES string of the molecule is CC(C)(C)c1ccc(N2c3ccc(C(C)(C)C)cc3B3c4cc(C(C)(C)C)ccc4N(c4ccc(C(C)(C)C)cc4)c4cc(-c5cc(-c6ccccc6)cc(-c6ccccc6)n5)cc2c43)cc1. The lowest BCUT2D eigenvalue weighted by molar-refractivity contribution is 0.590. The highest BCUT2D eigenvalue weighted by molar-refractivity contribution is 7.00. The first kappa shape index (κ1) is 44.2. The molecule has 2 aliphatic heterocycles. The molecule has 0 atom stereocenters. The minimum atomic E-state index is -0.0430. The summed E-state index contributed by atoms with van der Waals surface area (Å²) in [5.74, 6) is 0. The molecule has 0 saturated carbocycles. The van der Waals surface area contributed by atoms with Gasteiger partial charge < -0.3 is 9.80 Å². The Morgan fingerprint density at radius 2 is 0.701 bits per heavy atom. The van der Waals surface area contributed by atoms with E-state index in [1.807, 2.05) is 0 Å². The second-order valence-corrected chi connectivity index (χ2v) is 23.0. The fourth-order valence-electron chi connectivity index (χ4n) is 10.1. The highest BCUT2D eigenvalue weighted by atomic mass is 15.2. The molecule has 334 valence electrons. The van der Waals surface area contributed by atoms with Gasteiger partial charge in [-0.25, -0.2) is 4.98 Å². The normalized spacial score (nSPS) is 13.6. The van der Waals surface area contributed by atoms with Crippen LogP contribution in [0.5, 0.6) is 0 Å². The number of benzene rings is 7. The van der Waals surface area contributed by atoms with E-state index in [4.69, 9.17) is 4.98 Å². The number of nitrogens with zero attached hydrogens (tertiary/aromatic N) is 3. The Kier molecular flexibility index (Phi) is 10.6. The molecule has 0 bridgehead atoms. The van der Waals surface area contributed by atoms with E-state index in [2.05, 4.69) is 263 Å². The van der Waals surface area contributed by atoms with E-state index in [1.54, 1.807) is 0 Å². The topological polar surface area (TPSA) is 19.4 Å². The van der Waals surface area contributed by atoms with Crippen molar-refractivity contribution in [3.63, 3.8) is 0 Å². The Bertz CT molecular complexity index is 2930. The molecule has 67 heavy (non-hydrogen) atoms. The van der Waals surface area contributed by atoms with E-state index in [9.17, 15) is 0 Å². The van der Waals surface area contributed by atoms with Gasteiger partial charge in [0.15, 0.2) is 0 Å². The molecule has 0 fully saturated rings. The summed E-state index contributed by atoms with van der Waals surface area (Å²) in [6, 6.07) is 64.0. The van der Waals surface area contributed by atoms with Crippen molar-refractivity contribution in [1.82, 2.24) is 4.98 Å². The highest BCUT2D eigenvalue weighted by Gasteiger charge is 2.44. The first-order valence-corrected chi connectivity index (χ1v) is 24.2. The summed E-state index contributed by atoms with van der Waals surface area (Å²) < 4.78 is 0. The minimum absolute atomic E-state index is 0.0210. The highest BCUT2D eigenvalue weighted by Crippen LogP contribution is 2.48. The summed E-state index contributed by atoms with van der Waals surface area (Å²) in [5.41, 5.74) is 22.6. The molecule has 4 heteroatoms. The van der Waals surface area contributed by atoms with Crippen molar-refractivity contribution in [2.45, 2.75) is 105 Å². The molecule has 0 spiro atoms. The molecule has 0 N–H and O–H groups in total. The van der Waals surface area contributed by atoms with Crippen molar-refractivity contribution in [1.29, 1.82) is 0 Å². The summed E-state index contributed by atoms with van der Waals surface area (Å²) in [6.45, 7) is 27.8. The van der Waals surface area contributed by atoms with Crippen LogP contribution in [0, 0.1) is 0 Å². The minimum Gasteiger partial charge on any atom is -0.311 e. The summed E-state index contributed by atoms with van der Waals surface area (Å²) >= 11 is 0. The molecule has 7 aromatic carbocycles. The Balaban J connectivity index is 1.33. The van der Waals surface area contributed by atoms with Crippen LogP contribution in [0.1, 0.15) is 105 Å². The quantitative estimate of drug-likeness (QED) is 0.161. The van der Waals surface area contributed by atoms with Crippen molar-refractivity contribution in [3.05, 3.63) is 192 Å². The van der Waals surface area contributed by atoms with Gasteiger partial charge in [0.1, 0.15) is 0 Å². The van der Waals surface area contributed by atoms with Gasteiger partial charge in [0.25, 0.3) is 6.71 Å². The van der Waals surface area contributed by atoms with Crippen LogP contribution in [0.4, 0.5) is 34.1 Å². The first-order valence-electron chi connectivity index (χ1n) is 24.2. The first-order chi connectivity index (χ1) is 31.7. The molecule has 0 saturated heterocycles. The Morgan fingerprint density at radius 3 is 1.10 bits per heavy atom. The smallest absolute Gasteiger partial charge is 0.252 e. The third-order valence-corrected chi connectivity index (χ3v) is 14.1. The molecule has 10 rings (SSSR count). The standard InChI is InChI=1S/C63H64BN3/c1-60(2,3)45-23-29-49(30-24-45)66-55-33-27-47(62(7,8)9)39-51(55)64-52-40-48(63(10,11)12)28-34-56(52)67(50-31-25-46(26-32-50)61(4,5)6)58-38-44(37-57(66)59(58)64)54-36-43(41-19-15-13-16-20-41)35-53(65-54)42-21-17-14-18-22-42/h13-40H,1-12H3. The van der Waals surface area contributed by atoms with Gasteiger partial charge in [-0.15, -0.1) is 0 Å². The van der Waals surface area contributed by atoms with E-state index in [1.165, 1.54) is 61.4 Å². The van der Waals surface area contributed by atoms with Gasteiger partial charge in [0.2, 0.25) is 0 Å². The van der Waals surface area contributed by atoms with Gasteiger partial charge in [0, 0.05) is 45.3 Å². The molecule has 8 aromatic rings. The molecule has 3 nitrogen and oxygen atoms in total. The number of pyridine rings is 1. The molecule has 0 radical (unpaired) electrons. The summed E-state index contributed by atoms with van der Waals surface area (Å²) in [5, 5.41) is 0. The van der Waals surface area contributed by atoms with E-state index < -0.39 is 0 Å². The summed E-state index contributed by atoms with van der Waals surface area (Å²) in [7, 11) is 0. The van der Waals surface area contributed by atoms with Crippen molar-refractivity contribution in [2.24, 2.45) is 0 Å². The lowest BCUT2D eigenvalue weighted by Gasteiger charge is -2.45. The number of fused-ring (bicyclic) bond motifs is 4.